The summed E-state index contributed by atoms with van der Waals surface area (Å²) in [5.74, 6) is -1.56. The average Bonchev–Trinajstić information content (AvgIpc) is 2.36. The van der Waals surface area contributed by atoms with E-state index >= 15 is 0 Å². The molecule has 5 heteroatoms. The van der Waals surface area contributed by atoms with Gasteiger partial charge >= 0.3 is 5.79 Å². The number of Topliss-reactive ketones (excluding diaryl/α,β-unsaturated/α-hetero) is 1. The molecular formula is C12H16O5. The molecule has 0 amide bonds. The van der Waals surface area contributed by atoms with Crippen LogP contribution < -0.4 is 0 Å². The molecule has 17 heavy (non-hydrogen) atoms. The largest absolute Gasteiger partial charge is 0.492 e. The van der Waals surface area contributed by atoms with Crippen molar-refractivity contribution in [3.63, 3.8) is 0 Å². The Hall–Kier alpha value is -1.59. The summed E-state index contributed by atoms with van der Waals surface area (Å²) in [6.07, 6.45) is 3.05. The lowest BCUT2D eigenvalue weighted by atomic mass is 9.94. The molecule has 1 unspecified atom stereocenters. The van der Waals surface area contributed by atoms with Gasteiger partial charge in [0.25, 0.3) is 5.78 Å². The third-order valence-electron chi connectivity index (χ3n) is 2.25. The minimum Gasteiger partial charge on any atom is -0.492 e. The zero-order chi connectivity index (χ0) is 12.9. The summed E-state index contributed by atoms with van der Waals surface area (Å²) in [7, 11) is 2.79. The van der Waals surface area contributed by atoms with Gasteiger partial charge in [0.2, 0.25) is 11.5 Å². The molecule has 0 N–H and O–H groups in total. The van der Waals surface area contributed by atoms with Crippen LogP contribution in [0.15, 0.2) is 36.8 Å². The molecule has 1 aliphatic carbocycles. The molecule has 0 aromatic heterocycles. The van der Waals surface area contributed by atoms with Crippen LogP contribution in [0.1, 0.15) is 0 Å². The first-order chi connectivity index (χ1) is 8.17. The first-order valence-electron chi connectivity index (χ1n) is 5.05. The van der Waals surface area contributed by atoms with Gasteiger partial charge in [0.1, 0.15) is 6.61 Å². The van der Waals surface area contributed by atoms with Gasteiger partial charge in [-0.2, -0.15) is 0 Å². The van der Waals surface area contributed by atoms with Gasteiger partial charge in [-0.15, -0.1) is 6.58 Å². The van der Waals surface area contributed by atoms with Crippen LogP contribution in [0.4, 0.5) is 0 Å². The summed E-state index contributed by atoms with van der Waals surface area (Å²) in [6.45, 7) is 7.39. The van der Waals surface area contributed by atoms with Gasteiger partial charge in [0.05, 0.1) is 13.7 Å². The number of hydrogen-bond acceptors (Lipinski definition) is 5. The maximum Gasteiger partial charge on any atom is 0.301 e. The Balaban J connectivity index is 2.93. The van der Waals surface area contributed by atoms with Gasteiger partial charge in [-0.1, -0.05) is 18.7 Å². The second-order valence-corrected chi connectivity index (χ2v) is 3.21. The third-order valence-corrected chi connectivity index (χ3v) is 2.25. The van der Waals surface area contributed by atoms with Crippen molar-refractivity contribution >= 4 is 5.78 Å². The van der Waals surface area contributed by atoms with Crippen molar-refractivity contribution in [1.29, 1.82) is 0 Å². The van der Waals surface area contributed by atoms with Crippen LogP contribution in [0.3, 0.4) is 0 Å². The molecule has 0 spiro atoms. The molecule has 0 aliphatic heterocycles. The molecule has 0 aromatic carbocycles. The van der Waals surface area contributed by atoms with Crippen LogP contribution >= 0.6 is 0 Å². The molecule has 0 fully saturated rings. The van der Waals surface area contributed by atoms with Gasteiger partial charge in [-0.3, -0.25) is 4.79 Å². The van der Waals surface area contributed by atoms with Crippen molar-refractivity contribution in [1.82, 2.24) is 0 Å². The van der Waals surface area contributed by atoms with E-state index in [2.05, 4.69) is 13.2 Å². The van der Waals surface area contributed by atoms with Crippen molar-refractivity contribution in [2.75, 3.05) is 27.4 Å². The number of methoxy groups -OCH3 is 2. The van der Waals surface area contributed by atoms with E-state index in [1.165, 1.54) is 26.4 Å². The molecule has 5 nitrogen and oxygen atoms in total. The number of ketones is 1. The topological polar surface area (TPSA) is 54.0 Å². The van der Waals surface area contributed by atoms with E-state index in [1.807, 2.05) is 0 Å². The molecule has 0 heterocycles. The molecular weight excluding hydrogens is 224 g/mol. The third kappa shape index (κ3) is 2.11. The highest BCUT2D eigenvalue weighted by Crippen LogP contribution is 2.40. The lowest BCUT2D eigenvalue weighted by Gasteiger charge is -2.39. The maximum atomic E-state index is 11.9. The molecule has 0 saturated carbocycles. The number of hydrogen-bond donors (Lipinski definition) is 0. The second kappa shape index (κ2) is 5.65. The van der Waals surface area contributed by atoms with Crippen molar-refractivity contribution in [2.45, 2.75) is 5.79 Å². The molecule has 0 bridgehead atoms. The first-order valence-corrected chi connectivity index (χ1v) is 5.05. The van der Waals surface area contributed by atoms with Crippen LogP contribution in [0, 0.1) is 0 Å². The number of rotatable bonds is 8. The summed E-state index contributed by atoms with van der Waals surface area (Å²) in [6, 6.07) is 0. The number of carbonyl (C=O) groups is 1. The predicted octanol–water partition coefficient (Wildman–Crippen LogP) is 1.17. The average molecular weight is 240 g/mol. The van der Waals surface area contributed by atoms with Crippen LogP contribution in [-0.2, 0) is 23.7 Å². The van der Waals surface area contributed by atoms with Crippen molar-refractivity contribution in [3.8, 4) is 0 Å². The Morgan fingerprint density at radius 1 is 1.24 bits per heavy atom. The summed E-state index contributed by atoms with van der Waals surface area (Å²) in [4.78, 5) is 11.9. The number of ether oxygens (including phenoxy) is 4. The summed E-state index contributed by atoms with van der Waals surface area (Å²) < 4.78 is 20.7. The Kier molecular flexibility index (Phi) is 4.48. The van der Waals surface area contributed by atoms with E-state index in [9.17, 15) is 4.79 Å². The standard InChI is InChI=1S/C12H16O5/c1-5-7-16-9-10(13)12(15-4,11(9)14-3)17-8-6-2/h5-6H,1-2,7-8H2,3-4H3. The summed E-state index contributed by atoms with van der Waals surface area (Å²) in [5.41, 5.74) is 0. The van der Waals surface area contributed by atoms with Gasteiger partial charge in [0.15, 0.2) is 0 Å². The fourth-order valence-electron chi connectivity index (χ4n) is 1.49. The maximum absolute atomic E-state index is 11.9. The first kappa shape index (κ1) is 13.5. The van der Waals surface area contributed by atoms with Gasteiger partial charge in [-0.25, -0.2) is 0 Å². The Morgan fingerprint density at radius 3 is 2.35 bits per heavy atom. The summed E-state index contributed by atoms with van der Waals surface area (Å²) in [5, 5.41) is 0. The Morgan fingerprint density at radius 2 is 1.88 bits per heavy atom. The smallest absolute Gasteiger partial charge is 0.301 e. The minimum absolute atomic E-state index is 0.110. The zero-order valence-corrected chi connectivity index (χ0v) is 10.0. The van der Waals surface area contributed by atoms with E-state index < -0.39 is 11.6 Å². The zero-order valence-electron chi connectivity index (χ0n) is 10.0. The van der Waals surface area contributed by atoms with E-state index in [-0.39, 0.29) is 24.7 Å². The fourth-order valence-corrected chi connectivity index (χ4v) is 1.49. The van der Waals surface area contributed by atoms with Crippen LogP contribution in [0.25, 0.3) is 0 Å². The highest BCUT2D eigenvalue weighted by Gasteiger charge is 2.60. The highest BCUT2D eigenvalue weighted by atomic mass is 16.7. The normalized spacial score (nSPS) is 23.1. The number of carbonyl (C=O) groups excluding carboxylic acids is 1. The summed E-state index contributed by atoms with van der Waals surface area (Å²) >= 11 is 0. The van der Waals surface area contributed by atoms with Crippen LogP contribution in [0.2, 0.25) is 0 Å². The van der Waals surface area contributed by atoms with Crippen LogP contribution in [-0.4, -0.2) is 39.0 Å². The monoisotopic (exact) mass is 240 g/mol. The van der Waals surface area contributed by atoms with E-state index in [0.717, 1.165) is 0 Å². The highest BCUT2D eigenvalue weighted by molar-refractivity contribution is 6.09. The quantitative estimate of drug-likeness (QED) is 0.471. The molecule has 94 valence electrons. The van der Waals surface area contributed by atoms with E-state index in [1.54, 1.807) is 0 Å². The van der Waals surface area contributed by atoms with Crippen molar-refractivity contribution in [3.05, 3.63) is 36.8 Å². The molecule has 0 radical (unpaired) electrons. The van der Waals surface area contributed by atoms with Gasteiger partial charge in [-0.05, 0) is 0 Å². The van der Waals surface area contributed by atoms with Gasteiger partial charge in [0, 0.05) is 7.11 Å². The van der Waals surface area contributed by atoms with E-state index in [4.69, 9.17) is 18.9 Å². The van der Waals surface area contributed by atoms with E-state index in [0.29, 0.717) is 0 Å². The minimum atomic E-state index is -1.50. The Bertz CT molecular complexity index is 358. The fraction of sp³-hybridized carbons (Fsp3) is 0.417. The lowest BCUT2D eigenvalue weighted by Crippen LogP contribution is -2.55. The van der Waals surface area contributed by atoms with Crippen LogP contribution in [0.5, 0.6) is 0 Å². The molecule has 1 aliphatic rings. The molecule has 0 saturated heterocycles. The second-order valence-electron chi connectivity index (χ2n) is 3.21. The van der Waals surface area contributed by atoms with Crippen molar-refractivity contribution in [2.24, 2.45) is 0 Å². The molecule has 1 atom stereocenters. The SMILES string of the molecule is C=CCOC1=C(OC)C(OC)(OCC=C)C1=O. The molecule has 0 aromatic rings. The molecule has 1 rings (SSSR count). The van der Waals surface area contributed by atoms with Crippen molar-refractivity contribution < 1.29 is 23.7 Å². The predicted molar refractivity (Wildman–Crippen MR) is 61.1 cm³/mol. The Labute approximate surface area is 100 Å². The van der Waals surface area contributed by atoms with Gasteiger partial charge < -0.3 is 18.9 Å². The lowest BCUT2D eigenvalue weighted by molar-refractivity contribution is -0.224.